The van der Waals surface area contributed by atoms with Crippen LogP contribution in [0.1, 0.15) is 16.9 Å². The molecule has 0 aliphatic heterocycles. The monoisotopic (exact) mass is 276 g/mol. The van der Waals surface area contributed by atoms with E-state index in [9.17, 15) is 9.59 Å². The fourth-order valence-electron chi connectivity index (χ4n) is 1.73. The van der Waals surface area contributed by atoms with Crippen molar-refractivity contribution < 1.29 is 9.53 Å². The van der Waals surface area contributed by atoms with Crippen molar-refractivity contribution in [3.8, 4) is 5.75 Å². The van der Waals surface area contributed by atoms with Gasteiger partial charge in [0, 0.05) is 37.7 Å². The van der Waals surface area contributed by atoms with Gasteiger partial charge in [-0.25, -0.2) is 4.98 Å². The highest BCUT2D eigenvalue weighted by atomic mass is 16.5. The van der Waals surface area contributed by atoms with Crippen molar-refractivity contribution in [2.24, 2.45) is 0 Å². The summed E-state index contributed by atoms with van der Waals surface area (Å²) in [7, 11) is 1.40. The zero-order valence-electron chi connectivity index (χ0n) is 11.1. The fourth-order valence-corrected chi connectivity index (χ4v) is 1.73. The van der Waals surface area contributed by atoms with Gasteiger partial charge in [0.1, 0.15) is 5.69 Å². The van der Waals surface area contributed by atoms with Gasteiger partial charge in [0.15, 0.2) is 5.75 Å². The molecule has 0 spiro atoms. The van der Waals surface area contributed by atoms with E-state index >= 15 is 0 Å². The van der Waals surface area contributed by atoms with E-state index < -0.39 is 0 Å². The van der Waals surface area contributed by atoms with Crippen molar-refractivity contribution in [2.75, 3.05) is 13.7 Å². The third-order valence-electron chi connectivity index (χ3n) is 2.78. The molecular formula is C13H16N4O3. The van der Waals surface area contributed by atoms with E-state index in [1.165, 1.54) is 19.4 Å². The van der Waals surface area contributed by atoms with Crippen LogP contribution in [0.4, 0.5) is 0 Å². The number of ether oxygens (including phenoxy) is 1. The Morgan fingerprint density at radius 1 is 1.55 bits per heavy atom. The highest BCUT2D eigenvalue weighted by Crippen LogP contribution is 2.00. The van der Waals surface area contributed by atoms with Gasteiger partial charge >= 0.3 is 0 Å². The predicted molar refractivity (Wildman–Crippen MR) is 72.8 cm³/mol. The van der Waals surface area contributed by atoms with Crippen LogP contribution in [-0.4, -0.2) is 34.1 Å². The summed E-state index contributed by atoms with van der Waals surface area (Å²) in [6.45, 7) is 1.30. The molecule has 0 unspecified atom stereocenters. The smallest absolute Gasteiger partial charge is 0.267 e. The SMILES string of the molecule is COc1c[nH]c(C(=O)NCCCn2ccnc2)cc1=O. The van der Waals surface area contributed by atoms with Gasteiger partial charge in [-0.2, -0.15) is 0 Å². The van der Waals surface area contributed by atoms with Gasteiger partial charge in [-0.3, -0.25) is 9.59 Å². The van der Waals surface area contributed by atoms with E-state index in [4.69, 9.17) is 4.74 Å². The summed E-state index contributed by atoms with van der Waals surface area (Å²) in [5, 5.41) is 2.74. The highest BCUT2D eigenvalue weighted by Gasteiger charge is 2.08. The molecule has 0 bridgehead atoms. The minimum absolute atomic E-state index is 0.182. The topological polar surface area (TPSA) is 89.0 Å². The normalized spacial score (nSPS) is 10.2. The first kappa shape index (κ1) is 13.9. The number of aromatic nitrogens is 3. The Hall–Kier alpha value is -2.57. The number of aryl methyl sites for hydroxylation is 1. The summed E-state index contributed by atoms with van der Waals surface area (Å²) >= 11 is 0. The lowest BCUT2D eigenvalue weighted by atomic mass is 10.3. The van der Waals surface area contributed by atoms with Gasteiger partial charge in [0.05, 0.1) is 13.4 Å². The zero-order valence-corrected chi connectivity index (χ0v) is 11.1. The number of hydrogen-bond acceptors (Lipinski definition) is 4. The van der Waals surface area contributed by atoms with Gasteiger partial charge in [-0.05, 0) is 6.42 Å². The van der Waals surface area contributed by atoms with E-state index in [2.05, 4.69) is 15.3 Å². The number of H-pyrrole nitrogens is 1. The molecule has 20 heavy (non-hydrogen) atoms. The number of nitrogens with one attached hydrogen (secondary N) is 2. The molecule has 2 aromatic heterocycles. The summed E-state index contributed by atoms with van der Waals surface area (Å²) in [5.74, 6) is -0.128. The lowest BCUT2D eigenvalue weighted by Gasteiger charge is -2.06. The standard InChI is InChI=1S/C13H16N4O3/c1-20-12-8-16-10(7-11(12)18)13(19)15-3-2-5-17-6-4-14-9-17/h4,6-9H,2-3,5H2,1H3,(H,15,19)(H,16,18). The van der Waals surface area contributed by atoms with Crippen molar-refractivity contribution in [3.63, 3.8) is 0 Å². The number of methoxy groups -OCH3 is 1. The maximum atomic E-state index is 11.8. The molecule has 0 atom stereocenters. The Morgan fingerprint density at radius 3 is 3.05 bits per heavy atom. The van der Waals surface area contributed by atoms with E-state index in [1.54, 1.807) is 12.5 Å². The van der Waals surface area contributed by atoms with Crippen LogP contribution in [0.5, 0.6) is 5.75 Å². The van der Waals surface area contributed by atoms with Gasteiger partial charge in [0.25, 0.3) is 5.91 Å². The summed E-state index contributed by atoms with van der Waals surface area (Å²) in [5.41, 5.74) is -0.103. The molecule has 0 aliphatic carbocycles. The quantitative estimate of drug-likeness (QED) is 0.747. The van der Waals surface area contributed by atoms with Crippen molar-refractivity contribution >= 4 is 5.91 Å². The van der Waals surface area contributed by atoms with Crippen LogP contribution in [0.3, 0.4) is 0 Å². The van der Waals surface area contributed by atoms with Crippen molar-refractivity contribution in [1.82, 2.24) is 19.9 Å². The minimum Gasteiger partial charge on any atom is -0.491 e. The third kappa shape index (κ3) is 3.47. The lowest BCUT2D eigenvalue weighted by molar-refractivity contribution is 0.0947. The summed E-state index contributed by atoms with van der Waals surface area (Å²) in [6.07, 6.45) is 7.46. The van der Waals surface area contributed by atoms with Crippen LogP contribution in [0, 0.1) is 0 Å². The summed E-state index contributed by atoms with van der Waals surface area (Å²) in [6, 6.07) is 1.23. The molecule has 0 saturated carbocycles. The molecule has 106 valence electrons. The molecule has 0 aromatic carbocycles. The van der Waals surface area contributed by atoms with Crippen LogP contribution in [-0.2, 0) is 6.54 Å². The molecule has 2 aromatic rings. The average molecular weight is 276 g/mol. The van der Waals surface area contributed by atoms with E-state index in [0.29, 0.717) is 6.54 Å². The van der Waals surface area contributed by atoms with E-state index in [-0.39, 0.29) is 22.8 Å². The Balaban J connectivity index is 1.82. The molecule has 7 nitrogen and oxygen atoms in total. The molecule has 2 heterocycles. The minimum atomic E-state index is -0.324. The van der Waals surface area contributed by atoms with Gasteiger partial charge in [-0.15, -0.1) is 0 Å². The number of nitrogens with zero attached hydrogens (tertiary/aromatic N) is 2. The van der Waals surface area contributed by atoms with Gasteiger partial charge < -0.3 is 19.6 Å². The van der Waals surface area contributed by atoms with Crippen molar-refractivity contribution in [3.05, 3.63) is 46.9 Å². The number of hydrogen-bond donors (Lipinski definition) is 2. The maximum absolute atomic E-state index is 11.8. The number of carbonyl (C=O) groups is 1. The zero-order chi connectivity index (χ0) is 14.4. The van der Waals surface area contributed by atoms with Crippen LogP contribution >= 0.6 is 0 Å². The molecule has 0 fully saturated rings. The molecule has 1 amide bonds. The molecule has 0 radical (unpaired) electrons. The molecule has 0 aliphatic rings. The molecule has 0 saturated heterocycles. The van der Waals surface area contributed by atoms with E-state index in [1.807, 2.05) is 10.8 Å². The molecule has 7 heteroatoms. The fraction of sp³-hybridized carbons (Fsp3) is 0.308. The Kier molecular flexibility index (Phi) is 4.54. The molecule has 2 rings (SSSR count). The van der Waals surface area contributed by atoms with Crippen LogP contribution in [0.15, 0.2) is 35.8 Å². The summed E-state index contributed by atoms with van der Waals surface area (Å²) < 4.78 is 6.77. The first-order chi connectivity index (χ1) is 9.70. The second-order valence-electron chi connectivity index (χ2n) is 4.19. The average Bonchev–Trinajstić information content (AvgIpc) is 2.96. The number of imidazole rings is 1. The second kappa shape index (κ2) is 6.55. The largest absolute Gasteiger partial charge is 0.491 e. The number of rotatable bonds is 6. The number of carbonyl (C=O) groups excluding carboxylic acids is 1. The third-order valence-corrected chi connectivity index (χ3v) is 2.78. The highest BCUT2D eigenvalue weighted by molar-refractivity contribution is 5.92. The van der Waals surface area contributed by atoms with Crippen molar-refractivity contribution in [1.29, 1.82) is 0 Å². The predicted octanol–water partition coefficient (Wildman–Crippen LogP) is 0.400. The first-order valence-corrected chi connectivity index (χ1v) is 6.21. The number of aromatic amines is 1. The van der Waals surface area contributed by atoms with Gasteiger partial charge in [-0.1, -0.05) is 0 Å². The van der Waals surface area contributed by atoms with Crippen LogP contribution in [0.25, 0.3) is 0 Å². The Labute approximate surface area is 115 Å². The van der Waals surface area contributed by atoms with E-state index in [0.717, 1.165) is 13.0 Å². The first-order valence-electron chi connectivity index (χ1n) is 6.21. The maximum Gasteiger partial charge on any atom is 0.267 e. The van der Waals surface area contributed by atoms with Crippen LogP contribution in [0.2, 0.25) is 0 Å². The Bertz CT molecular complexity index is 619. The van der Waals surface area contributed by atoms with Crippen LogP contribution < -0.4 is 15.5 Å². The van der Waals surface area contributed by atoms with Crippen molar-refractivity contribution in [2.45, 2.75) is 13.0 Å². The second-order valence-corrected chi connectivity index (χ2v) is 4.19. The molecular weight excluding hydrogens is 260 g/mol. The van der Waals surface area contributed by atoms with Gasteiger partial charge in [0.2, 0.25) is 5.43 Å². The Morgan fingerprint density at radius 2 is 2.40 bits per heavy atom. The lowest BCUT2D eigenvalue weighted by Crippen LogP contribution is -2.27. The molecule has 2 N–H and O–H groups in total. The number of pyridine rings is 1. The number of amides is 1. The summed E-state index contributed by atoms with van der Waals surface area (Å²) in [4.78, 5) is 30.0.